The zero-order chi connectivity index (χ0) is 18.7. The zero-order valence-corrected chi connectivity index (χ0v) is 15.9. The van der Waals surface area contributed by atoms with Crippen LogP contribution >= 0.6 is 0 Å². The van der Waals surface area contributed by atoms with Crippen LogP contribution < -0.4 is 0 Å². The molecule has 0 aromatic heterocycles. The molecule has 0 unspecified atom stereocenters. The van der Waals surface area contributed by atoms with Gasteiger partial charge < -0.3 is 14.9 Å². The molecule has 0 saturated carbocycles. The Morgan fingerprint density at radius 2 is 1.92 bits per heavy atom. The molecule has 1 atom stereocenters. The zero-order valence-electron chi connectivity index (χ0n) is 15.9. The fourth-order valence-corrected chi connectivity index (χ4v) is 4.22. The van der Waals surface area contributed by atoms with E-state index in [1.807, 2.05) is 9.80 Å². The van der Waals surface area contributed by atoms with Gasteiger partial charge in [0.05, 0.1) is 0 Å². The summed E-state index contributed by atoms with van der Waals surface area (Å²) in [6.45, 7) is 7.45. The van der Waals surface area contributed by atoms with E-state index in [2.05, 4.69) is 13.8 Å². The summed E-state index contributed by atoms with van der Waals surface area (Å²) in [4.78, 5) is 29.1. The molecule has 2 saturated heterocycles. The summed E-state index contributed by atoms with van der Waals surface area (Å²) in [7, 11) is 0. The first-order valence-corrected chi connectivity index (χ1v) is 9.75. The van der Waals surface area contributed by atoms with Crippen LogP contribution in [0.5, 0.6) is 5.75 Å². The lowest BCUT2D eigenvalue weighted by Gasteiger charge is -2.48. The number of piperidine rings is 2. The van der Waals surface area contributed by atoms with Gasteiger partial charge in [0.2, 0.25) is 5.91 Å². The summed E-state index contributed by atoms with van der Waals surface area (Å²) in [6.07, 6.45) is 4.56. The molecule has 1 spiro atoms. The minimum absolute atomic E-state index is 0.0229. The van der Waals surface area contributed by atoms with Gasteiger partial charge in [-0.2, -0.15) is 0 Å². The number of phenols is 1. The minimum Gasteiger partial charge on any atom is -0.508 e. The molecule has 1 aromatic rings. The molecule has 142 valence electrons. The van der Waals surface area contributed by atoms with Gasteiger partial charge in [-0.1, -0.05) is 13.8 Å². The molecule has 5 heteroatoms. The average molecular weight is 358 g/mol. The number of carbonyl (C=O) groups is 2. The number of aromatic hydroxyl groups is 1. The number of hydrogen-bond donors (Lipinski definition) is 1. The van der Waals surface area contributed by atoms with Crippen LogP contribution in [0.2, 0.25) is 0 Å². The van der Waals surface area contributed by atoms with E-state index in [1.54, 1.807) is 24.3 Å². The van der Waals surface area contributed by atoms with Crippen LogP contribution in [0.1, 0.15) is 56.3 Å². The summed E-state index contributed by atoms with van der Waals surface area (Å²) in [5.41, 5.74) is 0.652. The van der Waals surface area contributed by atoms with E-state index < -0.39 is 0 Å². The van der Waals surface area contributed by atoms with Gasteiger partial charge in [0.15, 0.2) is 0 Å². The van der Waals surface area contributed by atoms with Crippen LogP contribution in [0.25, 0.3) is 0 Å². The Hall–Kier alpha value is -2.04. The van der Waals surface area contributed by atoms with E-state index >= 15 is 0 Å². The predicted octanol–water partition coefficient (Wildman–Crippen LogP) is 3.28. The van der Waals surface area contributed by atoms with Gasteiger partial charge in [-0.3, -0.25) is 9.59 Å². The Morgan fingerprint density at radius 3 is 2.62 bits per heavy atom. The molecule has 26 heavy (non-hydrogen) atoms. The Bertz CT molecular complexity index is 656. The van der Waals surface area contributed by atoms with Gasteiger partial charge >= 0.3 is 0 Å². The van der Waals surface area contributed by atoms with E-state index in [-0.39, 0.29) is 23.0 Å². The summed E-state index contributed by atoms with van der Waals surface area (Å²) in [5.74, 6) is 1.04. The fraction of sp³-hybridized carbons (Fsp3) is 0.619. The normalized spacial score (nSPS) is 23.7. The van der Waals surface area contributed by atoms with Crippen molar-refractivity contribution in [2.24, 2.45) is 11.3 Å². The molecule has 1 N–H and O–H groups in total. The van der Waals surface area contributed by atoms with Gasteiger partial charge in [0, 0.05) is 43.6 Å². The number of benzene rings is 1. The van der Waals surface area contributed by atoms with Crippen molar-refractivity contribution in [1.29, 1.82) is 0 Å². The molecule has 0 bridgehead atoms. The Kier molecular flexibility index (Phi) is 5.54. The summed E-state index contributed by atoms with van der Waals surface area (Å²) in [6, 6.07) is 6.47. The topological polar surface area (TPSA) is 60.9 Å². The third-order valence-electron chi connectivity index (χ3n) is 5.79. The van der Waals surface area contributed by atoms with Crippen LogP contribution in [0.3, 0.4) is 0 Å². The van der Waals surface area contributed by atoms with E-state index in [0.29, 0.717) is 17.9 Å². The highest BCUT2D eigenvalue weighted by Crippen LogP contribution is 2.39. The quantitative estimate of drug-likeness (QED) is 0.898. The third kappa shape index (κ3) is 4.19. The molecule has 2 fully saturated rings. The number of amides is 2. The van der Waals surface area contributed by atoms with Gasteiger partial charge in [0.1, 0.15) is 5.75 Å². The number of carbonyl (C=O) groups excluding carboxylic acids is 2. The molecular formula is C21H30N2O3. The van der Waals surface area contributed by atoms with E-state index in [0.717, 1.165) is 51.9 Å². The van der Waals surface area contributed by atoms with Crippen molar-refractivity contribution in [3.8, 4) is 5.75 Å². The van der Waals surface area contributed by atoms with Crippen LogP contribution in [0, 0.1) is 11.3 Å². The minimum atomic E-state index is 0.0229. The van der Waals surface area contributed by atoms with Crippen molar-refractivity contribution in [1.82, 2.24) is 9.80 Å². The second-order valence-corrected chi connectivity index (χ2v) is 8.37. The Labute approximate surface area is 156 Å². The van der Waals surface area contributed by atoms with Crippen molar-refractivity contribution in [2.45, 2.75) is 46.0 Å². The van der Waals surface area contributed by atoms with Crippen LogP contribution in [0.15, 0.2) is 24.3 Å². The number of phenolic OH excluding ortho intramolecular Hbond substituents is 1. The van der Waals surface area contributed by atoms with Crippen molar-refractivity contribution in [3.05, 3.63) is 29.8 Å². The molecular weight excluding hydrogens is 328 g/mol. The number of hydrogen-bond acceptors (Lipinski definition) is 3. The summed E-state index contributed by atoms with van der Waals surface area (Å²) >= 11 is 0. The van der Waals surface area contributed by atoms with Gasteiger partial charge in [-0.05, 0) is 55.9 Å². The Morgan fingerprint density at radius 1 is 1.19 bits per heavy atom. The molecule has 2 amide bonds. The highest BCUT2D eigenvalue weighted by Gasteiger charge is 2.42. The lowest BCUT2D eigenvalue weighted by atomic mass is 9.73. The van der Waals surface area contributed by atoms with Crippen LogP contribution in [-0.2, 0) is 4.79 Å². The molecule has 0 radical (unpaired) electrons. The van der Waals surface area contributed by atoms with Crippen molar-refractivity contribution in [3.63, 3.8) is 0 Å². The highest BCUT2D eigenvalue weighted by atomic mass is 16.3. The standard InChI is InChI=1S/C21H30N2O3/c1-16(2)9-13-22-14-21(11-8-19(22)25)10-3-12-23(15-21)20(26)17-4-6-18(24)7-5-17/h4-7,16,24H,3,8-15H2,1-2H3/t21-/m0/s1. The summed E-state index contributed by atoms with van der Waals surface area (Å²) < 4.78 is 0. The first kappa shape index (κ1) is 18.7. The van der Waals surface area contributed by atoms with E-state index in [4.69, 9.17) is 0 Å². The van der Waals surface area contributed by atoms with Crippen LogP contribution in [0.4, 0.5) is 0 Å². The average Bonchev–Trinajstić information content (AvgIpc) is 2.63. The van der Waals surface area contributed by atoms with Gasteiger partial charge in [0.25, 0.3) is 5.91 Å². The first-order valence-electron chi connectivity index (χ1n) is 9.75. The second-order valence-electron chi connectivity index (χ2n) is 8.37. The molecule has 2 heterocycles. The summed E-state index contributed by atoms with van der Waals surface area (Å²) in [5, 5.41) is 9.43. The predicted molar refractivity (Wildman–Crippen MR) is 101 cm³/mol. The van der Waals surface area contributed by atoms with E-state index in [1.165, 1.54) is 0 Å². The first-order chi connectivity index (χ1) is 12.4. The van der Waals surface area contributed by atoms with Gasteiger partial charge in [-0.15, -0.1) is 0 Å². The molecule has 2 aliphatic heterocycles. The maximum Gasteiger partial charge on any atom is 0.253 e. The largest absolute Gasteiger partial charge is 0.508 e. The third-order valence-corrected chi connectivity index (χ3v) is 5.79. The van der Waals surface area contributed by atoms with E-state index in [9.17, 15) is 14.7 Å². The second kappa shape index (κ2) is 7.68. The smallest absolute Gasteiger partial charge is 0.253 e. The van der Waals surface area contributed by atoms with Crippen molar-refractivity contribution in [2.75, 3.05) is 26.2 Å². The molecule has 2 aliphatic rings. The fourth-order valence-electron chi connectivity index (χ4n) is 4.22. The van der Waals surface area contributed by atoms with Crippen molar-refractivity contribution < 1.29 is 14.7 Å². The maximum absolute atomic E-state index is 12.9. The van der Waals surface area contributed by atoms with Crippen molar-refractivity contribution >= 4 is 11.8 Å². The number of nitrogens with zero attached hydrogens (tertiary/aromatic N) is 2. The molecule has 1 aromatic carbocycles. The van der Waals surface area contributed by atoms with Crippen LogP contribution in [-0.4, -0.2) is 52.9 Å². The molecule has 0 aliphatic carbocycles. The maximum atomic E-state index is 12.9. The molecule has 5 nitrogen and oxygen atoms in total. The highest BCUT2D eigenvalue weighted by molar-refractivity contribution is 5.94. The lowest BCUT2D eigenvalue weighted by Crippen LogP contribution is -2.55. The SMILES string of the molecule is CC(C)CCN1C[C@]2(CCCN(C(=O)c3ccc(O)cc3)C2)CCC1=O. The number of likely N-dealkylation sites (tertiary alicyclic amines) is 2. The monoisotopic (exact) mass is 358 g/mol. The molecule has 3 rings (SSSR count). The number of rotatable bonds is 4. The van der Waals surface area contributed by atoms with Gasteiger partial charge in [-0.25, -0.2) is 0 Å². The lowest BCUT2D eigenvalue weighted by molar-refractivity contribution is -0.139. The Balaban J connectivity index is 1.69.